The predicted molar refractivity (Wildman–Crippen MR) is 107 cm³/mol. The van der Waals surface area contributed by atoms with E-state index in [0.29, 0.717) is 10.8 Å². The molecule has 0 aliphatic heterocycles. The summed E-state index contributed by atoms with van der Waals surface area (Å²) in [6.45, 7) is 1.88. The Bertz CT molecular complexity index is 704. The van der Waals surface area contributed by atoms with E-state index in [1.165, 1.54) is 15.3 Å². The number of nitrogens with zero attached hydrogens (tertiary/aromatic N) is 1. The normalized spacial score (nSPS) is 11.3. The number of hydrogen-bond acceptors (Lipinski definition) is 3. The quantitative estimate of drug-likeness (QED) is 0.387. The van der Waals surface area contributed by atoms with Gasteiger partial charge in [-0.15, -0.1) is 11.8 Å². The van der Waals surface area contributed by atoms with Crippen molar-refractivity contribution < 1.29 is 4.79 Å². The highest BCUT2D eigenvalue weighted by Crippen LogP contribution is 2.16. The van der Waals surface area contributed by atoms with Gasteiger partial charge in [0.1, 0.15) is 0 Å². The number of thioether (sulfide) groups is 1. The van der Waals surface area contributed by atoms with Gasteiger partial charge in [-0.2, -0.15) is 5.10 Å². The molecule has 0 heterocycles. The first-order chi connectivity index (χ1) is 11.0. The Morgan fingerprint density at radius 2 is 2.00 bits per heavy atom. The van der Waals surface area contributed by atoms with Crippen molar-refractivity contribution in [1.29, 1.82) is 0 Å². The average Bonchev–Trinajstić information content (AvgIpc) is 2.53. The molecule has 0 spiro atoms. The minimum absolute atomic E-state index is 0.109. The smallest absolute Gasteiger partial charge is 0.250 e. The van der Waals surface area contributed by atoms with Crippen LogP contribution in [-0.4, -0.2) is 17.4 Å². The highest BCUT2D eigenvalue weighted by atomic mass is 127. The van der Waals surface area contributed by atoms with E-state index in [-0.39, 0.29) is 5.91 Å². The van der Waals surface area contributed by atoms with Crippen molar-refractivity contribution in [2.24, 2.45) is 5.10 Å². The van der Waals surface area contributed by atoms with E-state index in [1.54, 1.807) is 0 Å². The summed E-state index contributed by atoms with van der Waals surface area (Å²) >= 11 is 9.72. The van der Waals surface area contributed by atoms with Crippen LogP contribution in [0.4, 0.5) is 0 Å². The van der Waals surface area contributed by atoms with Gasteiger partial charge in [0, 0.05) is 14.3 Å². The van der Waals surface area contributed by atoms with Gasteiger partial charge in [0.05, 0.1) is 11.5 Å². The van der Waals surface area contributed by atoms with Crippen LogP contribution in [0.25, 0.3) is 0 Å². The van der Waals surface area contributed by atoms with Crippen LogP contribution in [0.15, 0.2) is 53.6 Å². The number of amides is 1. The molecule has 1 amide bonds. The maximum atomic E-state index is 11.8. The summed E-state index contributed by atoms with van der Waals surface area (Å²) in [6.07, 6.45) is 0. The molecule has 0 aliphatic rings. The fraction of sp³-hybridized carbons (Fsp3) is 0.176. The van der Waals surface area contributed by atoms with Crippen LogP contribution in [0, 0.1) is 3.57 Å². The summed E-state index contributed by atoms with van der Waals surface area (Å²) in [5, 5.41) is 4.86. The van der Waals surface area contributed by atoms with Crippen LogP contribution in [0.2, 0.25) is 5.02 Å². The minimum atomic E-state index is -0.109. The Balaban J connectivity index is 1.78. The Labute approximate surface area is 159 Å². The number of benzene rings is 2. The summed E-state index contributed by atoms with van der Waals surface area (Å²) in [6, 6.07) is 15.6. The summed E-state index contributed by atoms with van der Waals surface area (Å²) in [5.41, 5.74) is 5.48. The Kier molecular flexibility index (Phi) is 7.39. The molecule has 0 bridgehead atoms. The number of carbonyl (C=O) groups excluding carboxylic acids is 1. The number of rotatable bonds is 6. The van der Waals surface area contributed by atoms with Crippen LogP contribution in [0.5, 0.6) is 0 Å². The molecule has 2 aromatic carbocycles. The van der Waals surface area contributed by atoms with Gasteiger partial charge in [-0.05, 0) is 64.9 Å². The molecule has 0 radical (unpaired) electrons. The summed E-state index contributed by atoms with van der Waals surface area (Å²) < 4.78 is 1.17. The molecule has 0 saturated carbocycles. The Morgan fingerprint density at radius 3 is 2.70 bits per heavy atom. The molecule has 0 aliphatic carbocycles. The molecule has 2 rings (SSSR count). The van der Waals surface area contributed by atoms with E-state index in [1.807, 2.05) is 55.5 Å². The zero-order valence-corrected chi connectivity index (χ0v) is 16.3. The molecule has 120 valence electrons. The maximum Gasteiger partial charge on any atom is 0.250 e. The highest BCUT2D eigenvalue weighted by molar-refractivity contribution is 14.1. The van der Waals surface area contributed by atoms with Crippen molar-refractivity contribution in [3.05, 3.63) is 68.3 Å². The zero-order valence-electron chi connectivity index (χ0n) is 12.6. The van der Waals surface area contributed by atoms with Crippen LogP contribution < -0.4 is 5.43 Å². The van der Waals surface area contributed by atoms with Crippen molar-refractivity contribution >= 4 is 57.6 Å². The molecule has 0 fully saturated rings. The fourth-order valence-electron chi connectivity index (χ4n) is 1.82. The number of hydrogen-bond donors (Lipinski definition) is 1. The van der Waals surface area contributed by atoms with Crippen LogP contribution in [0.1, 0.15) is 18.1 Å². The van der Waals surface area contributed by atoms with Crippen molar-refractivity contribution in [2.45, 2.75) is 12.7 Å². The molecule has 0 saturated heterocycles. The number of carbonyl (C=O) groups is 1. The molecule has 6 heteroatoms. The minimum Gasteiger partial charge on any atom is -0.272 e. The van der Waals surface area contributed by atoms with Gasteiger partial charge in [0.2, 0.25) is 5.91 Å². The molecular formula is C17H16ClIN2OS. The first-order valence-electron chi connectivity index (χ1n) is 6.96. The summed E-state index contributed by atoms with van der Waals surface area (Å²) in [7, 11) is 0. The predicted octanol–water partition coefficient (Wildman–Crippen LogP) is 4.72. The molecule has 0 unspecified atom stereocenters. The standard InChI is InChI=1S/C17H16ClIN2OS/c1-12(14-5-7-16(19)8-6-14)20-21-17(22)11-23-10-13-3-2-4-15(18)9-13/h2-9H,10-11H2,1H3,(H,21,22)/b20-12-. The van der Waals surface area contributed by atoms with E-state index >= 15 is 0 Å². The fourth-order valence-corrected chi connectivity index (χ4v) is 3.16. The largest absolute Gasteiger partial charge is 0.272 e. The second-order valence-electron chi connectivity index (χ2n) is 4.86. The SMILES string of the molecule is C/C(=N/NC(=O)CSCc1cccc(Cl)c1)c1ccc(I)cc1. The summed E-state index contributed by atoms with van der Waals surface area (Å²) in [5.74, 6) is 0.992. The van der Waals surface area contributed by atoms with E-state index in [4.69, 9.17) is 11.6 Å². The number of nitrogens with one attached hydrogen (secondary N) is 1. The monoisotopic (exact) mass is 458 g/mol. The second kappa shape index (κ2) is 9.30. The van der Waals surface area contributed by atoms with Crippen molar-refractivity contribution in [1.82, 2.24) is 5.43 Å². The van der Waals surface area contributed by atoms with Crippen molar-refractivity contribution in [2.75, 3.05) is 5.75 Å². The van der Waals surface area contributed by atoms with Gasteiger partial charge in [-0.3, -0.25) is 4.79 Å². The molecule has 0 atom stereocenters. The van der Waals surface area contributed by atoms with Gasteiger partial charge in [-0.1, -0.05) is 35.9 Å². The van der Waals surface area contributed by atoms with Gasteiger partial charge in [-0.25, -0.2) is 5.43 Å². The second-order valence-corrected chi connectivity index (χ2v) is 7.53. The molecule has 2 aromatic rings. The lowest BCUT2D eigenvalue weighted by Gasteiger charge is -2.04. The lowest BCUT2D eigenvalue weighted by molar-refractivity contribution is -0.118. The van der Waals surface area contributed by atoms with E-state index in [0.717, 1.165) is 22.6 Å². The first kappa shape index (κ1) is 18.3. The Hall–Kier alpha value is -1.05. The van der Waals surface area contributed by atoms with E-state index < -0.39 is 0 Å². The first-order valence-corrected chi connectivity index (χ1v) is 9.57. The van der Waals surface area contributed by atoms with Gasteiger partial charge in [0.25, 0.3) is 0 Å². The van der Waals surface area contributed by atoms with E-state index in [2.05, 4.69) is 33.1 Å². The van der Waals surface area contributed by atoms with Crippen LogP contribution in [0.3, 0.4) is 0 Å². The lowest BCUT2D eigenvalue weighted by Crippen LogP contribution is -2.21. The highest BCUT2D eigenvalue weighted by Gasteiger charge is 2.03. The van der Waals surface area contributed by atoms with Crippen molar-refractivity contribution in [3.8, 4) is 0 Å². The topological polar surface area (TPSA) is 41.5 Å². The maximum absolute atomic E-state index is 11.8. The van der Waals surface area contributed by atoms with Crippen molar-refractivity contribution in [3.63, 3.8) is 0 Å². The lowest BCUT2D eigenvalue weighted by atomic mass is 10.1. The molecule has 23 heavy (non-hydrogen) atoms. The molecule has 0 aromatic heterocycles. The van der Waals surface area contributed by atoms with Gasteiger partial charge < -0.3 is 0 Å². The van der Waals surface area contributed by atoms with Gasteiger partial charge in [0.15, 0.2) is 0 Å². The molecular weight excluding hydrogens is 443 g/mol. The third-order valence-corrected chi connectivity index (χ3v) is 4.96. The molecule has 1 N–H and O–H groups in total. The number of halogens is 2. The van der Waals surface area contributed by atoms with E-state index in [9.17, 15) is 4.79 Å². The van der Waals surface area contributed by atoms with Crippen LogP contribution >= 0.6 is 46.0 Å². The Morgan fingerprint density at radius 1 is 1.26 bits per heavy atom. The van der Waals surface area contributed by atoms with Gasteiger partial charge >= 0.3 is 0 Å². The molecule has 3 nitrogen and oxygen atoms in total. The third kappa shape index (κ3) is 6.53. The third-order valence-electron chi connectivity index (χ3n) is 3.00. The van der Waals surface area contributed by atoms with Crippen LogP contribution in [-0.2, 0) is 10.5 Å². The number of hydrazone groups is 1. The average molecular weight is 459 g/mol. The summed E-state index contributed by atoms with van der Waals surface area (Å²) in [4.78, 5) is 11.8. The zero-order chi connectivity index (χ0) is 16.7.